The van der Waals surface area contributed by atoms with Crippen molar-refractivity contribution in [1.29, 1.82) is 0 Å². The standard InChI is InChI=1S/C25H25FN6O3/c1-32-12-15(23(31-32)13-4-6-22(35-2)19(26)7-13)9-21-18-5-3-14(24(27)34)8-20(18)29-25(30-21)28-16-10-17(33)11-16/h3-8,12,16-17,33H,9-11H2,1-2H3,(H2,27,34)(H,28,29,30). The lowest BCUT2D eigenvalue weighted by Crippen LogP contribution is -2.39. The van der Waals surface area contributed by atoms with E-state index in [2.05, 4.69) is 15.4 Å². The molecule has 2 aromatic heterocycles. The number of aryl methyl sites for hydroxylation is 1. The van der Waals surface area contributed by atoms with Gasteiger partial charge in [-0.1, -0.05) is 6.07 Å². The van der Waals surface area contributed by atoms with E-state index in [0.29, 0.717) is 47.5 Å². The highest BCUT2D eigenvalue weighted by Crippen LogP contribution is 2.30. The lowest BCUT2D eigenvalue weighted by atomic mass is 9.90. The molecule has 1 saturated carbocycles. The molecule has 5 rings (SSSR count). The van der Waals surface area contributed by atoms with Crippen LogP contribution in [0.5, 0.6) is 5.75 Å². The van der Waals surface area contributed by atoms with E-state index in [4.69, 9.17) is 15.5 Å². The third-order valence-electron chi connectivity index (χ3n) is 6.19. The van der Waals surface area contributed by atoms with Crippen molar-refractivity contribution in [3.05, 3.63) is 65.2 Å². The Bertz CT molecular complexity index is 1430. The van der Waals surface area contributed by atoms with Gasteiger partial charge in [-0.2, -0.15) is 5.10 Å². The number of rotatable bonds is 7. The fourth-order valence-electron chi connectivity index (χ4n) is 4.34. The molecule has 0 saturated heterocycles. The van der Waals surface area contributed by atoms with Gasteiger partial charge in [0.1, 0.15) is 0 Å². The van der Waals surface area contributed by atoms with Crippen LogP contribution >= 0.6 is 0 Å². The molecule has 1 amide bonds. The first kappa shape index (κ1) is 22.7. The number of carbonyl (C=O) groups excluding carboxylic acids is 1. The van der Waals surface area contributed by atoms with Crippen molar-refractivity contribution in [2.45, 2.75) is 31.4 Å². The maximum atomic E-state index is 14.4. The molecule has 9 nitrogen and oxygen atoms in total. The lowest BCUT2D eigenvalue weighted by Gasteiger charge is -2.32. The Balaban J connectivity index is 1.56. The second-order valence-electron chi connectivity index (χ2n) is 8.76. The summed E-state index contributed by atoms with van der Waals surface area (Å²) in [6.45, 7) is 0. The molecule has 0 unspecified atom stereocenters. The fraction of sp³-hybridized carbons (Fsp3) is 0.280. The summed E-state index contributed by atoms with van der Waals surface area (Å²) in [6.07, 6.45) is 3.19. The maximum absolute atomic E-state index is 14.4. The minimum atomic E-state index is -0.542. The SMILES string of the molecule is COc1ccc(-c2nn(C)cc2Cc2nc(NC3CC(O)C3)nc3cc(C(N)=O)ccc23)cc1F. The van der Waals surface area contributed by atoms with Gasteiger partial charge in [0, 0.05) is 47.8 Å². The predicted octanol–water partition coefficient (Wildman–Crippen LogP) is 2.80. The predicted molar refractivity (Wildman–Crippen MR) is 129 cm³/mol. The number of nitrogens with one attached hydrogen (secondary N) is 1. The molecule has 4 aromatic rings. The van der Waals surface area contributed by atoms with E-state index in [1.807, 2.05) is 6.20 Å². The van der Waals surface area contributed by atoms with Crippen LogP contribution in [0.25, 0.3) is 22.2 Å². The van der Waals surface area contributed by atoms with Crippen LogP contribution in [0.2, 0.25) is 0 Å². The number of methoxy groups -OCH3 is 1. The van der Waals surface area contributed by atoms with Crippen molar-refractivity contribution < 1.29 is 19.0 Å². The molecule has 0 spiro atoms. The van der Waals surface area contributed by atoms with Crippen LogP contribution in [0.3, 0.4) is 0 Å². The highest BCUT2D eigenvalue weighted by Gasteiger charge is 2.28. The number of primary amides is 1. The summed E-state index contributed by atoms with van der Waals surface area (Å²) in [6, 6.07) is 9.89. The number of amides is 1. The molecule has 1 aliphatic rings. The second kappa shape index (κ2) is 8.95. The highest BCUT2D eigenvalue weighted by atomic mass is 19.1. The molecule has 0 atom stereocenters. The molecule has 2 heterocycles. The molecular formula is C25H25FN6O3. The number of aromatic nitrogens is 4. The number of anilines is 1. The van der Waals surface area contributed by atoms with E-state index >= 15 is 0 Å². The number of aliphatic hydroxyl groups excluding tert-OH is 1. The molecule has 180 valence electrons. The topological polar surface area (TPSA) is 128 Å². The summed E-state index contributed by atoms with van der Waals surface area (Å²) in [7, 11) is 3.23. The van der Waals surface area contributed by atoms with E-state index in [-0.39, 0.29) is 17.9 Å². The number of ether oxygens (including phenoxy) is 1. The van der Waals surface area contributed by atoms with E-state index in [9.17, 15) is 14.3 Å². The summed E-state index contributed by atoms with van der Waals surface area (Å²) in [5.41, 5.74) is 9.22. The van der Waals surface area contributed by atoms with Gasteiger partial charge in [-0.05, 0) is 43.2 Å². The summed E-state index contributed by atoms with van der Waals surface area (Å²) < 4.78 is 21.1. The van der Waals surface area contributed by atoms with E-state index in [1.54, 1.807) is 42.1 Å². The van der Waals surface area contributed by atoms with Crippen LogP contribution in [0.1, 0.15) is 34.5 Å². The average Bonchev–Trinajstić information content (AvgIpc) is 3.17. The third kappa shape index (κ3) is 4.52. The molecule has 1 fully saturated rings. The quantitative estimate of drug-likeness (QED) is 0.374. The first-order valence-corrected chi connectivity index (χ1v) is 11.2. The van der Waals surface area contributed by atoms with Crippen molar-refractivity contribution in [1.82, 2.24) is 19.7 Å². The average molecular weight is 477 g/mol. The lowest BCUT2D eigenvalue weighted by molar-refractivity contribution is 0.0834. The monoisotopic (exact) mass is 476 g/mol. The van der Waals surface area contributed by atoms with Gasteiger partial charge in [0.25, 0.3) is 0 Å². The Kier molecular flexibility index (Phi) is 5.81. The Morgan fingerprint density at radius 1 is 1.26 bits per heavy atom. The zero-order valence-electron chi connectivity index (χ0n) is 19.3. The summed E-state index contributed by atoms with van der Waals surface area (Å²) in [5.74, 6) is -0.441. The van der Waals surface area contributed by atoms with Crippen molar-refractivity contribution in [3.63, 3.8) is 0 Å². The van der Waals surface area contributed by atoms with Crippen molar-refractivity contribution in [2.75, 3.05) is 12.4 Å². The largest absolute Gasteiger partial charge is 0.494 e. The van der Waals surface area contributed by atoms with Crippen LogP contribution < -0.4 is 15.8 Å². The first-order chi connectivity index (χ1) is 16.8. The van der Waals surface area contributed by atoms with Gasteiger partial charge in [0.15, 0.2) is 11.6 Å². The van der Waals surface area contributed by atoms with Gasteiger partial charge in [-0.25, -0.2) is 14.4 Å². The molecule has 0 radical (unpaired) electrons. The van der Waals surface area contributed by atoms with Crippen LogP contribution in [-0.4, -0.2) is 50.0 Å². The van der Waals surface area contributed by atoms with Crippen LogP contribution in [0, 0.1) is 5.82 Å². The number of halogens is 1. The van der Waals surface area contributed by atoms with E-state index in [0.717, 1.165) is 16.6 Å². The molecule has 0 aliphatic heterocycles. The Hall–Kier alpha value is -4.05. The van der Waals surface area contributed by atoms with Gasteiger partial charge < -0.3 is 20.9 Å². The number of nitrogens with zero attached hydrogens (tertiary/aromatic N) is 4. The van der Waals surface area contributed by atoms with Gasteiger partial charge in [0.2, 0.25) is 11.9 Å². The molecular weight excluding hydrogens is 451 g/mol. The molecule has 2 aromatic carbocycles. The maximum Gasteiger partial charge on any atom is 0.248 e. The number of fused-ring (bicyclic) bond motifs is 1. The van der Waals surface area contributed by atoms with E-state index in [1.165, 1.54) is 13.2 Å². The second-order valence-corrected chi connectivity index (χ2v) is 8.76. The Morgan fingerprint density at radius 3 is 2.74 bits per heavy atom. The summed E-state index contributed by atoms with van der Waals surface area (Å²) in [5, 5.41) is 18.2. The molecule has 4 N–H and O–H groups in total. The molecule has 1 aliphatic carbocycles. The van der Waals surface area contributed by atoms with Crippen molar-refractivity contribution in [3.8, 4) is 17.0 Å². The number of aliphatic hydroxyl groups is 1. The minimum absolute atomic E-state index is 0.0749. The molecule has 10 heteroatoms. The zero-order chi connectivity index (χ0) is 24.7. The smallest absolute Gasteiger partial charge is 0.248 e. The van der Waals surface area contributed by atoms with Gasteiger partial charge in [-0.3, -0.25) is 9.48 Å². The van der Waals surface area contributed by atoms with Crippen molar-refractivity contribution >= 4 is 22.8 Å². The molecule has 35 heavy (non-hydrogen) atoms. The van der Waals surface area contributed by atoms with Crippen LogP contribution in [0.15, 0.2) is 42.6 Å². The van der Waals surface area contributed by atoms with Gasteiger partial charge >= 0.3 is 0 Å². The highest BCUT2D eigenvalue weighted by molar-refractivity contribution is 5.97. The van der Waals surface area contributed by atoms with Gasteiger partial charge in [-0.15, -0.1) is 0 Å². The number of hydrogen-bond acceptors (Lipinski definition) is 7. The minimum Gasteiger partial charge on any atom is -0.494 e. The summed E-state index contributed by atoms with van der Waals surface area (Å²) >= 11 is 0. The first-order valence-electron chi connectivity index (χ1n) is 11.2. The molecule has 0 bridgehead atoms. The zero-order valence-corrected chi connectivity index (χ0v) is 19.3. The van der Waals surface area contributed by atoms with Crippen molar-refractivity contribution in [2.24, 2.45) is 12.8 Å². The van der Waals surface area contributed by atoms with Crippen LogP contribution in [0.4, 0.5) is 10.3 Å². The third-order valence-corrected chi connectivity index (χ3v) is 6.19. The van der Waals surface area contributed by atoms with Crippen LogP contribution in [-0.2, 0) is 13.5 Å². The number of hydrogen-bond donors (Lipinski definition) is 3. The van der Waals surface area contributed by atoms with Gasteiger partial charge in [0.05, 0.1) is 30.1 Å². The van der Waals surface area contributed by atoms with E-state index < -0.39 is 11.7 Å². The Morgan fingerprint density at radius 2 is 2.06 bits per heavy atom. The number of benzene rings is 2. The Labute approximate surface area is 200 Å². The number of nitrogens with two attached hydrogens (primary N) is 1. The number of carbonyl (C=O) groups is 1. The fourth-order valence-corrected chi connectivity index (χ4v) is 4.34. The normalized spacial score (nSPS) is 17.3. The summed E-state index contributed by atoms with van der Waals surface area (Å²) in [4.78, 5) is 21.1.